The van der Waals surface area contributed by atoms with Crippen LogP contribution in [0.15, 0.2) is 36.9 Å². The van der Waals surface area contributed by atoms with Gasteiger partial charge in [0.1, 0.15) is 5.82 Å². The van der Waals surface area contributed by atoms with E-state index >= 15 is 0 Å². The number of aromatic nitrogens is 3. The minimum Gasteiger partial charge on any atom is -0.345 e. The van der Waals surface area contributed by atoms with Crippen molar-refractivity contribution in [3.8, 4) is 0 Å². The average molecular weight is 298 g/mol. The lowest BCUT2D eigenvalue weighted by molar-refractivity contribution is -0.131. The fourth-order valence-corrected chi connectivity index (χ4v) is 3.15. The van der Waals surface area contributed by atoms with Gasteiger partial charge in [-0.25, -0.2) is 4.98 Å². The van der Waals surface area contributed by atoms with Gasteiger partial charge in [-0.3, -0.25) is 9.78 Å². The topological polar surface area (TPSA) is 51.0 Å². The van der Waals surface area contributed by atoms with Gasteiger partial charge in [-0.2, -0.15) is 0 Å². The van der Waals surface area contributed by atoms with Crippen LogP contribution in [0.2, 0.25) is 0 Å². The molecule has 2 aromatic heterocycles. The molecule has 0 spiro atoms. The van der Waals surface area contributed by atoms with Gasteiger partial charge in [0, 0.05) is 51.3 Å². The summed E-state index contributed by atoms with van der Waals surface area (Å²) < 4.78 is 2.20. The Kier molecular flexibility index (Phi) is 4.22. The molecule has 0 fully saturated rings. The van der Waals surface area contributed by atoms with Crippen molar-refractivity contribution in [3.05, 3.63) is 48.3 Å². The van der Waals surface area contributed by atoms with Crippen LogP contribution >= 0.6 is 0 Å². The Hall–Kier alpha value is -2.17. The van der Waals surface area contributed by atoms with Crippen LogP contribution in [0.25, 0.3) is 0 Å². The molecule has 0 unspecified atom stereocenters. The number of likely N-dealkylation sites (N-methyl/N-ethyl adjacent to an activating group) is 1. The molecule has 1 amide bonds. The van der Waals surface area contributed by atoms with Gasteiger partial charge in [0.05, 0.1) is 5.92 Å². The van der Waals surface area contributed by atoms with Crippen LogP contribution in [0.5, 0.6) is 0 Å². The van der Waals surface area contributed by atoms with E-state index in [1.165, 1.54) is 0 Å². The highest BCUT2D eigenvalue weighted by Gasteiger charge is 2.25. The normalized spacial score (nSPS) is 18.5. The zero-order chi connectivity index (χ0) is 15.5. The van der Waals surface area contributed by atoms with Crippen molar-refractivity contribution in [2.45, 2.75) is 32.2 Å². The standard InChI is InChI=1S/C17H22N4O/c1-13(15-4-3-6-18-11-15)17(22)20(2)12-14-5-8-21-9-7-19-16(21)10-14/h3-4,6-7,9,11,13-14H,5,8,10,12H2,1-2H3/t13-,14+/m0/s1. The SMILES string of the molecule is C[C@H](C(=O)N(C)C[C@@H]1CCn2ccnc2C1)c1cccnc1. The predicted molar refractivity (Wildman–Crippen MR) is 84.3 cm³/mol. The van der Waals surface area contributed by atoms with Gasteiger partial charge in [0.25, 0.3) is 0 Å². The third kappa shape index (κ3) is 3.03. The predicted octanol–water partition coefficient (Wildman–Crippen LogP) is 2.10. The van der Waals surface area contributed by atoms with Crippen LogP contribution in [-0.4, -0.2) is 38.9 Å². The lowest BCUT2D eigenvalue weighted by Gasteiger charge is -2.29. The summed E-state index contributed by atoms with van der Waals surface area (Å²) in [7, 11) is 1.90. The van der Waals surface area contributed by atoms with Crippen LogP contribution in [0, 0.1) is 5.92 Å². The number of hydrogen-bond donors (Lipinski definition) is 0. The van der Waals surface area contributed by atoms with E-state index in [1.54, 1.807) is 12.4 Å². The summed E-state index contributed by atoms with van der Waals surface area (Å²) >= 11 is 0. The summed E-state index contributed by atoms with van der Waals surface area (Å²) in [6.45, 7) is 3.74. The third-order valence-corrected chi connectivity index (χ3v) is 4.51. The molecule has 5 nitrogen and oxygen atoms in total. The fraction of sp³-hybridized carbons (Fsp3) is 0.471. The lowest BCUT2D eigenvalue weighted by Crippen LogP contribution is -2.37. The van der Waals surface area contributed by atoms with Crippen LogP contribution in [0.3, 0.4) is 0 Å². The molecule has 0 N–H and O–H groups in total. The summed E-state index contributed by atoms with van der Waals surface area (Å²) in [4.78, 5) is 22.9. The second-order valence-electron chi connectivity index (χ2n) is 6.12. The highest BCUT2D eigenvalue weighted by atomic mass is 16.2. The van der Waals surface area contributed by atoms with Gasteiger partial charge < -0.3 is 9.47 Å². The van der Waals surface area contributed by atoms with Gasteiger partial charge in [0.15, 0.2) is 0 Å². The molecular weight excluding hydrogens is 276 g/mol. The highest BCUT2D eigenvalue weighted by Crippen LogP contribution is 2.22. The molecule has 3 heterocycles. The molecule has 116 valence electrons. The van der Waals surface area contributed by atoms with Gasteiger partial charge in [-0.1, -0.05) is 6.07 Å². The Labute approximate surface area is 131 Å². The first-order valence-electron chi connectivity index (χ1n) is 7.80. The Morgan fingerprint density at radius 3 is 3.14 bits per heavy atom. The van der Waals surface area contributed by atoms with Gasteiger partial charge in [-0.05, 0) is 30.9 Å². The van der Waals surface area contributed by atoms with Crippen LogP contribution in [0.1, 0.15) is 30.7 Å². The lowest BCUT2D eigenvalue weighted by atomic mass is 9.96. The quantitative estimate of drug-likeness (QED) is 0.868. The number of rotatable bonds is 4. The summed E-state index contributed by atoms with van der Waals surface area (Å²) in [6.07, 6.45) is 9.44. The summed E-state index contributed by atoms with van der Waals surface area (Å²) in [5.74, 6) is 1.63. The molecule has 0 bridgehead atoms. The van der Waals surface area contributed by atoms with Crippen LogP contribution in [-0.2, 0) is 17.8 Å². The van der Waals surface area contributed by atoms with Crippen molar-refractivity contribution in [2.24, 2.45) is 5.92 Å². The Morgan fingerprint density at radius 2 is 2.36 bits per heavy atom. The van der Waals surface area contributed by atoms with E-state index in [0.717, 1.165) is 37.3 Å². The molecule has 22 heavy (non-hydrogen) atoms. The largest absolute Gasteiger partial charge is 0.345 e. The first-order chi connectivity index (χ1) is 10.6. The number of hydrogen-bond acceptors (Lipinski definition) is 3. The minimum atomic E-state index is -0.149. The number of fused-ring (bicyclic) bond motifs is 1. The Balaban J connectivity index is 1.60. The molecule has 0 saturated carbocycles. The number of nitrogens with zero attached hydrogens (tertiary/aromatic N) is 4. The van der Waals surface area contributed by atoms with E-state index in [2.05, 4.69) is 14.5 Å². The molecule has 1 aliphatic heterocycles. The maximum absolute atomic E-state index is 12.6. The first kappa shape index (κ1) is 14.8. The summed E-state index contributed by atoms with van der Waals surface area (Å²) in [6, 6.07) is 3.83. The van der Waals surface area contributed by atoms with E-state index in [4.69, 9.17) is 0 Å². The molecule has 3 rings (SSSR count). The maximum Gasteiger partial charge on any atom is 0.229 e. The van der Waals surface area contributed by atoms with E-state index in [9.17, 15) is 4.79 Å². The molecule has 0 aromatic carbocycles. The van der Waals surface area contributed by atoms with E-state index in [0.29, 0.717) is 5.92 Å². The van der Waals surface area contributed by atoms with Crippen molar-refractivity contribution in [1.82, 2.24) is 19.4 Å². The summed E-state index contributed by atoms with van der Waals surface area (Å²) in [5.41, 5.74) is 0.971. The second-order valence-corrected chi connectivity index (χ2v) is 6.12. The average Bonchev–Trinajstić information content (AvgIpc) is 3.02. The molecule has 1 aliphatic rings. The monoisotopic (exact) mass is 298 g/mol. The highest BCUT2D eigenvalue weighted by molar-refractivity contribution is 5.83. The Bertz CT molecular complexity index is 637. The van der Waals surface area contributed by atoms with Crippen LogP contribution in [0.4, 0.5) is 0 Å². The molecular formula is C17H22N4O. The second kappa shape index (κ2) is 6.30. The first-order valence-corrected chi connectivity index (χ1v) is 7.80. The van der Waals surface area contributed by atoms with Gasteiger partial charge in [0.2, 0.25) is 5.91 Å². The smallest absolute Gasteiger partial charge is 0.229 e. The van der Waals surface area contributed by atoms with Crippen LogP contribution < -0.4 is 0 Å². The molecule has 5 heteroatoms. The van der Waals surface area contributed by atoms with Gasteiger partial charge >= 0.3 is 0 Å². The molecule has 2 atom stereocenters. The number of amides is 1. The minimum absolute atomic E-state index is 0.149. The van der Waals surface area contributed by atoms with Crippen molar-refractivity contribution in [3.63, 3.8) is 0 Å². The molecule has 0 saturated heterocycles. The summed E-state index contributed by atoms with van der Waals surface area (Å²) in [5, 5.41) is 0. The zero-order valence-corrected chi connectivity index (χ0v) is 13.1. The molecule has 0 radical (unpaired) electrons. The third-order valence-electron chi connectivity index (χ3n) is 4.51. The van der Waals surface area contributed by atoms with Crippen molar-refractivity contribution in [1.29, 1.82) is 0 Å². The number of carbonyl (C=O) groups is 1. The van der Waals surface area contributed by atoms with Gasteiger partial charge in [-0.15, -0.1) is 0 Å². The fourth-order valence-electron chi connectivity index (χ4n) is 3.15. The Morgan fingerprint density at radius 1 is 1.50 bits per heavy atom. The molecule has 0 aliphatic carbocycles. The number of imidazole rings is 1. The number of pyridine rings is 1. The van der Waals surface area contributed by atoms with Crippen molar-refractivity contribution < 1.29 is 4.79 Å². The maximum atomic E-state index is 12.6. The zero-order valence-electron chi connectivity index (χ0n) is 13.1. The molecule has 2 aromatic rings. The van der Waals surface area contributed by atoms with Crippen molar-refractivity contribution >= 4 is 5.91 Å². The van der Waals surface area contributed by atoms with E-state index in [-0.39, 0.29) is 11.8 Å². The number of aryl methyl sites for hydroxylation is 1. The van der Waals surface area contributed by atoms with Crippen molar-refractivity contribution in [2.75, 3.05) is 13.6 Å². The van der Waals surface area contributed by atoms with E-state index in [1.807, 2.05) is 43.4 Å². The van der Waals surface area contributed by atoms with E-state index < -0.39 is 0 Å². The number of carbonyl (C=O) groups excluding carboxylic acids is 1.